The summed E-state index contributed by atoms with van der Waals surface area (Å²) >= 11 is 0. The van der Waals surface area contributed by atoms with E-state index in [2.05, 4.69) is 0 Å². The molecule has 82 valence electrons. The Morgan fingerprint density at radius 2 is 1.93 bits per heavy atom. The van der Waals surface area contributed by atoms with E-state index in [0.29, 0.717) is 13.2 Å². The van der Waals surface area contributed by atoms with Gasteiger partial charge in [-0.15, -0.1) is 0 Å². The van der Waals surface area contributed by atoms with Crippen LogP contribution in [0.1, 0.15) is 11.9 Å². The fourth-order valence-corrected chi connectivity index (χ4v) is 1.56. The standard InChI is InChI=1S/C11H15NO3/c1-13-10-5-3-2-4-9(10)11-14-6-8(12)7-15-11/h2-5,8,11H,6-7,12H2,1H3. The Labute approximate surface area is 88.9 Å². The SMILES string of the molecule is COc1ccccc1C1OCC(N)CO1. The largest absolute Gasteiger partial charge is 0.496 e. The molecule has 1 aromatic rings. The molecule has 0 bridgehead atoms. The molecule has 15 heavy (non-hydrogen) atoms. The molecular formula is C11H15NO3. The van der Waals surface area contributed by atoms with Gasteiger partial charge in [0.1, 0.15) is 5.75 Å². The van der Waals surface area contributed by atoms with Crippen molar-refractivity contribution in [2.45, 2.75) is 12.3 Å². The zero-order chi connectivity index (χ0) is 10.7. The summed E-state index contributed by atoms with van der Waals surface area (Å²) in [6.07, 6.45) is -0.360. The van der Waals surface area contributed by atoms with Gasteiger partial charge in [-0.2, -0.15) is 0 Å². The van der Waals surface area contributed by atoms with Crippen LogP contribution < -0.4 is 10.5 Å². The van der Waals surface area contributed by atoms with Crippen LogP contribution in [0.2, 0.25) is 0 Å². The molecule has 1 aromatic carbocycles. The Morgan fingerprint density at radius 1 is 1.27 bits per heavy atom. The fraction of sp³-hybridized carbons (Fsp3) is 0.455. The van der Waals surface area contributed by atoms with Gasteiger partial charge in [0.2, 0.25) is 0 Å². The van der Waals surface area contributed by atoms with E-state index in [1.807, 2.05) is 24.3 Å². The lowest BCUT2D eigenvalue weighted by molar-refractivity contribution is -0.190. The smallest absolute Gasteiger partial charge is 0.187 e. The molecule has 1 heterocycles. The Kier molecular flexibility index (Phi) is 3.20. The third kappa shape index (κ3) is 2.28. The molecule has 0 atom stereocenters. The monoisotopic (exact) mass is 209 g/mol. The van der Waals surface area contributed by atoms with E-state index in [1.165, 1.54) is 0 Å². The summed E-state index contributed by atoms with van der Waals surface area (Å²) in [5.41, 5.74) is 6.57. The zero-order valence-corrected chi connectivity index (χ0v) is 8.68. The Bertz CT molecular complexity index is 321. The van der Waals surface area contributed by atoms with Crippen LogP contribution in [-0.4, -0.2) is 26.4 Å². The molecule has 0 unspecified atom stereocenters. The number of methoxy groups -OCH3 is 1. The van der Waals surface area contributed by atoms with Crippen molar-refractivity contribution in [2.24, 2.45) is 5.73 Å². The highest BCUT2D eigenvalue weighted by molar-refractivity contribution is 5.34. The second kappa shape index (κ2) is 4.61. The second-order valence-electron chi connectivity index (χ2n) is 3.50. The van der Waals surface area contributed by atoms with E-state index in [-0.39, 0.29) is 12.3 Å². The van der Waals surface area contributed by atoms with Crippen LogP contribution in [0.25, 0.3) is 0 Å². The van der Waals surface area contributed by atoms with Gasteiger partial charge < -0.3 is 19.9 Å². The Balaban J connectivity index is 2.15. The number of nitrogens with two attached hydrogens (primary N) is 1. The lowest BCUT2D eigenvalue weighted by atomic mass is 10.2. The van der Waals surface area contributed by atoms with Gasteiger partial charge in [-0.25, -0.2) is 0 Å². The van der Waals surface area contributed by atoms with Gasteiger partial charge in [0, 0.05) is 5.56 Å². The molecule has 0 saturated carbocycles. The molecule has 1 aliphatic rings. The topological polar surface area (TPSA) is 53.7 Å². The van der Waals surface area contributed by atoms with E-state index in [9.17, 15) is 0 Å². The van der Waals surface area contributed by atoms with Gasteiger partial charge >= 0.3 is 0 Å². The molecular weight excluding hydrogens is 194 g/mol. The number of rotatable bonds is 2. The molecule has 0 aliphatic carbocycles. The van der Waals surface area contributed by atoms with Crippen LogP contribution in [0.4, 0.5) is 0 Å². The van der Waals surface area contributed by atoms with Crippen molar-refractivity contribution in [2.75, 3.05) is 20.3 Å². The van der Waals surface area contributed by atoms with Gasteiger partial charge in [0.15, 0.2) is 6.29 Å². The van der Waals surface area contributed by atoms with Gasteiger partial charge in [0.05, 0.1) is 26.4 Å². The normalized spacial score (nSPS) is 26.3. The first kappa shape index (κ1) is 10.4. The van der Waals surface area contributed by atoms with Crippen molar-refractivity contribution >= 4 is 0 Å². The minimum absolute atomic E-state index is 0.0315. The van der Waals surface area contributed by atoms with Crippen molar-refractivity contribution in [3.63, 3.8) is 0 Å². The summed E-state index contributed by atoms with van der Waals surface area (Å²) in [7, 11) is 1.63. The van der Waals surface area contributed by atoms with Crippen LogP contribution in [0.5, 0.6) is 5.75 Å². The fourth-order valence-electron chi connectivity index (χ4n) is 1.56. The van der Waals surface area contributed by atoms with Gasteiger partial charge in [0.25, 0.3) is 0 Å². The van der Waals surface area contributed by atoms with Crippen LogP contribution in [0.3, 0.4) is 0 Å². The number of ether oxygens (including phenoxy) is 3. The molecule has 1 fully saturated rings. The quantitative estimate of drug-likeness (QED) is 0.791. The van der Waals surface area contributed by atoms with Crippen LogP contribution >= 0.6 is 0 Å². The van der Waals surface area contributed by atoms with E-state index < -0.39 is 0 Å². The Morgan fingerprint density at radius 3 is 2.60 bits per heavy atom. The summed E-state index contributed by atoms with van der Waals surface area (Å²) in [6, 6.07) is 7.63. The van der Waals surface area contributed by atoms with Crippen molar-refractivity contribution < 1.29 is 14.2 Å². The molecule has 2 rings (SSSR count). The molecule has 1 aliphatic heterocycles. The highest BCUT2D eigenvalue weighted by atomic mass is 16.7. The first-order chi connectivity index (χ1) is 7.31. The maximum atomic E-state index is 5.66. The summed E-state index contributed by atoms with van der Waals surface area (Å²) < 4.78 is 16.2. The Hall–Kier alpha value is -1.10. The van der Waals surface area contributed by atoms with Gasteiger partial charge in [-0.05, 0) is 6.07 Å². The number of benzene rings is 1. The maximum Gasteiger partial charge on any atom is 0.187 e. The number of hydrogen-bond donors (Lipinski definition) is 1. The van der Waals surface area contributed by atoms with Crippen LogP contribution in [0.15, 0.2) is 24.3 Å². The third-order valence-electron chi connectivity index (χ3n) is 2.32. The van der Waals surface area contributed by atoms with Gasteiger partial charge in [-0.3, -0.25) is 0 Å². The van der Waals surface area contributed by atoms with Gasteiger partial charge in [-0.1, -0.05) is 18.2 Å². The number of hydrogen-bond acceptors (Lipinski definition) is 4. The summed E-state index contributed by atoms with van der Waals surface area (Å²) in [6.45, 7) is 1.03. The van der Waals surface area contributed by atoms with Crippen molar-refractivity contribution in [3.05, 3.63) is 29.8 Å². The van der Waals surface area contributed by atoms with E-state index in [4.69, 9.17) is 19.9 Å². The first-order valence-electron chi connectivity index (χ1n) is 4.93. The average Bonchev–Trinajstić information content (AvgIpc) is 2.30. The van der Waals surface area contributed by atoms with Crippen molar-refractivity contribution in [3.8, 4) is 5.75 Å². The van der Waals surface area contributed by atoms with Crippen molar-refractivity contribution in [1.82, 2.24) is 0 Å². The molecule has 0 radical (unpaired) electrons. The summed E-state index contributed by atoms with van der Waals surface area (Å²) in [5, 5.41) is 0. The highest BCUT2D eigenvalue weighted by Gasteiger charge is 2.23. The molecule has 2 N–H and O–H groups in total. The molecule has 0 aromatic heterocycles. The lowest BCUT2D eigenvalue weighted by Gasteiger charge is -2.28. The second-order valence-corrected chi connectivity index (χ2v) is 3.50. The lowest BCUT2D eigenvalue weighted by Crippen LogP contribution is -2.37. The van der Waals surface area contributed by atoms with E-state index >= 15 is 0 Å². The molecule has 0 spiro atoms. The third-order valence-corrected chi connectivity index (χ3v) is 2.32. The zero-order valence-electron chi connectivity index (χ0n) is 8.68. The summed E-state index contributed by atoms with van der Waals surface area (Å²) in [5.74, 6) is 0.776. The van der Waals surface area contributed by atoms with E-state index in [0.717, 1.165) is 11.3 Å². The molecule has 4 nitrogen and oxygen atoms in total. The molecule has 0 amide bonds. The predicted octanol–water partition coefficient (Wildman–Crippen LogP) is 1.07. The van der Waals surface area contributed by atoms with Crippen LogP contribution in [-0.2, 0) is 9.47 Å². The number of para-hydroxylation sites is 1. The molecule has 1 saturated heterocycles. The van der Waals surface area contributed by atoms with Crippen LogP contribution in [0, 0.1) is 0 Å². The van der Waals surface area contributed by atoms with Crippen molar-refractivity contribution in [1.29, 1.82) is 0 Å². The average molecular weight is 209 g/mol. The summed E-state index contributed by atoms with van der Waals surface area (Å²) in [4.78, 5) is 0. The first-order valence-corrected chi connectivity index (χ1v) is 4.93. The highest BCUT2D eigenvalue weighted by Crippen LogP contribution is 2.29. The minimum Gasteiger partial charge on any atom is -0.496 e. The predicted molar refractivity (Wildman–Crippen MR) is 55.6 cm³/mol. The van der Waals surface area contributed by atoms with E-state index in [1.54, 1.807) is 7.11 Å². The maximum absolute atomic E-state index is 5.66. The molecule has 4 heteroatoms. The minimum atomic E-state index is -0.360.